The van der Waals surface area contributed by atoms with Gasteiger partial charge in [0.15, 0.2) is 7.14 Å². The van der Waals surface area contributed by atoms with Crippen LogP contribution in [-0.2, 0) is 4.57 Å². The highest BCUT2D eigenvalue weighted by atomic mass is 31.2. The van der Waals surface area contributed by atoms with Crippen molar-refractivity contribution in [3.05, 3.63) is 126 Å². The Morgan fingerprint density at radius 2 is 1.41 bits per heavy atom. The van der Waals surface area contributed by atoms with E-state index in [-0.39, 0.29) is 5.92 Å². The van der Waals surface area contributed by atoms with Crippen molar-refractivity contribution in [2.75, 3.05) is 0 Å². The molecule has 0 amide bonds. The van der Waals surface area contributed by atoms with Crippen LogP contribution in [0.25, 0.3) is 0 Å². The van der Waals surface area contributed by atoms with E-state index in [4.69, 9.17) is 0 Å². The van der Waals surface area contributed by atoms with Gasteiger partial charge in [0.05, 0.1) is 5.70 Å². The first kappa shape index (κ1) is 17.8. The van der Waals surface area contributed by atoms with Crippen LogP contribution in [0.3, 0.4) is 0 Å². The van der Waals surface area contributed by atoms with Crippen molar-refractivity contribution >= 4 is 29.3 Å². The largest absolute Gasteiger partial charge is 0.309 e. The zero-order valence-corrected chi connectivity index (χ0v) is 16.7. The maximum absolute atomic E-state index is 14.6. The fourth-order valence-electron chi connectivity index (χ4n) is 3.93. The Morgan fingerprint density at radius 3 is 2.10 bits per heavy atom. The smallest absolute Gasteiger partial charge is 0.171 e. The Bertz CT molecular complexity index is 1180. The van der Waals surface area contributed by atoms with E-state index in [9.17, 15) is 4.57 Å². The molecule has 5 rings (SSSR count). The molecule has 0 fully saturated rings. The Labute approximate surface area is 171 Å². The number of fused-ring (bicyclic) bond motifs is 1. The lowest BCUT2D eigenvalue weighted by molar-refractivity contribution is 0.592. The Morgan fingerprint density at radius 1 is 0.759 bits per heavy atom. The molecule has 1 atom stereocenters. The Hall–Kier alpha value is -3.22. The fraction of sp³-hybridized carbons (Fsp3) is 0.0385. The lowest BCUT2D eigenvalue weighted by Gasteiger charge is -2.22. The number of hydrogen-bond acceptors (Lipinski definition) is 2. The summed E-state index contributed by atoms with van der Waals surface area (Å²) in [6.07, 6.45) is 10.3. The van der Waals surface area contributed by atoms with Crippen LogP contribution in [0.1, 0.15) is 11.5 Å². The van der Waals surface area contributed by atoms with Crippen molar-refractivity contribution < 1.29 is 4.57 Å². The molecule has 0 saturated heterocycles. The third-order valence-corrected chi connectivity index (χ3v) is 8.50. The van der Waals surface area contributed by atoms with E-state index in [2.05, 4.69) is 35.4 Å². The third-order valence-electron chi connectivity index (χ3n) is 5.44. The molecule has 0 N–H and O–H groups in total. The topological polar surface area (TPSA) is 29.4 Å². The molecule has 2 aliphatic rings. The van der Waals surface area contributed by atoms with Crippen LogP contribution in [0.2, 0.25) is 0 Å². The fourth-order valence-corrected chi connectivity index (χ4v) is 6.63. The molecule has 1 unspecified atom stereocenters. The van der Waals surface area contributed by atoms with Crippen molar-refractivity contribution in [3.63, 3.8) is 0 Å². The monoisotopic (exact) mass is 393 g/mol. The Kier molecular flexibility index (Phi) is 4.50. The quantitative estimate of drug-likeness (QED) is 0.581. The number of benzene rings is 3. The van der Waals surface area contributed by atoms with Gasteiger partial charge in [-0.2, -0.15) is 0 Å². The Balaban J connectivity index is 1.64. The minimum absolute atomic E-state index is 0.123. The summed E-state index contributed by atoms with van der Waals surface area (Å²) in [5.74, 6) is 0.123. The zero-order chi connectivity index (χ0) is 19.7. The molecule has 0 saturated carbocycles. The minimum atomic E-state index is -2.96. The standard InChI is InChI=1S/C26H20NOP/c28-29(23-9-3-1-4-10-23,24-11-5-2-6-12-24)25-13-7-8-21(18-25)22-15-14-20-16-17-27-26(20)19-22/h1-19,22H. The van der Waals surface area contributed by atoms with Gasteiger partial charge in [0, 0.05) is 33.6 Å². The second-order valence-corrected chi connectivity index (χ2v) is 9.98. The second-order valence-electron chi connectivity index (χ2n) is 7.21. The predicted molar refractivity (Wildman–Crippen MR) is 122 cm³/mol. The molecule has 3 heteroatoms. The molecule has 1 aliphatic heterocycles. The molecule has 1 aliphatic carbocycles. The summed E-state index contributed by atoms with van der Waals surface area (Å²) in [7, 11) is -2.96. The molecule has 0 bridgehead atoms. The van der Waals surface area contributed by atoms with Crippen molar-refractivity contribution in [2.45, 2.75) is 5.92 Å². The highest BCUT2D eigenvalue weighted by Gasteiger charge is 2.30. The van der Waals surface area contributed by atoms with Crippen LogP contribution < -0.4 is 15.9 Å². The maximum atomic E-state index is 14.6. The molecular weight excluding hydrogens is 373 g/mol. The van der Waals surface area contributed by atoms with Crippen molar-refractivity contribution in [3.8, 4) is 0 Å². The first-order valence-corrected chi connectivity index (χ1v) is 11.4. The van der Waals surface area contributed by atoms with E-state index in [1.165, 1.54) is 0 Å². The molecular formula is C26H20NOP. The van der Waals surface area contributed by atoms with E-state index in [1.54, 1.807) is 0 Å². The number of rotatable bonds is 4. The van der Waals surface area contributed by atoms with Gasteiger partial charge in [0.25, 0.3) is 0 Å². The average molecular weight is 393 g/mol. The maximum Gasteiger partial charge on any atom is 0.171 e. The summed E-state index contributed by atoms with van der Waals surface area (Å²) in [6.45, 7) is 0. The van der Waals surface area contributed by atoms with E-state index in [0.29, 0.717) is 0 Å². The molecule has 1 heterocycles. The van der Waals surface area contributed by atoms with Crippen LogP contribution >= 0.6 is 7.14 Å². The van der Waals surface area contributed by atoms with Crippen LogP contribution in [-0.4, -0.2) is 6.21 Å². The van der Waals surface area contributed by atoms with E-state index in [1.807, 2.05) is 85.1 Å². The molecule has 3 aromatic rings. The summed E-state index contributed by atoms with van der Waals surface area (Å²) in [4.78, 5) is 4.44. The summed E-state index contributed by atoms with van der Waals surface area (Å²) in [5.41, 5.74) is 3.29. The highest BCUT2D eigenvalue weighted by Crippen LogP contribution is 2.43. The van der Waals surface area contributed by atoms with Crippen LogP contribution in [0.15, 0.2) is 125 Å². The lowest BCUT2D eigenvalue weighted by atomic mass is 9.92. The first-order valence-electron chi connectivity index (χ1n) is 9.72. The van der Waals surface area contributed by atoms with E-state index in [0.717, 1.165) is 32.7 Å². The van der Waals surface area contributed by atoms with Gasteiger partial charge < -0.3 is 4.57 Å². The number of aliphatic imine (C=N–C) groups is 1. The summed E-state index contributed by atoms with van der Waals surface area (Å²) in [5, 5.41) is 2.56. The van der Waals surface area contributed by atoms with Gasteiger partial charge in [0.1, 0.15) is 0 Å². The normalized spacial score (nSPS) is 17.6. The number of nitrogens with zero attached hydrogens (tertiary/aromatic N) is 1. The van der Waals surface area contributed by atoms with Crippen molar-refractivity contribution in [1.82, 2.24) is 0 Å². The van der Waals surface area contributed by atoms with Crippen LogP contribution in [0.4, 0.5) is 0 Å². The number of allylic oxidation sites excluding steroid dienone is 4. The zero-order valence-electron chi connectivity index (χ0n) is 15.8. The molecule has 0 aromatic heterocycles. The third kappa shape index (κ3) is 3.16. The summed E-state index contributed by atoms with van der Waals surface area (Å²) >= 11 is 0. The van der Waals surface area contributed by atoms with Gasteiger partial charge in [-0.3, -0.25) is 4.99 Å². The number of hydrogen-bond donors (Lipinski definition) is 0. The lowest BCUT2D eigenvalue weighted by Crippen LogP contribution is -2.25. The van der Waals surface area contributed by atoms with Gasteiger partial charge in [-0.25, -0.2) is 0 Å². The van der Waals surface area contributed by atoms with E-state index >= 15 is 0 Å². The molecule has 29 heavy (non-hydrogen) atoms. The van der Waals surface area contributed by atoms with Gasteiger partial charge >= 0.3 is 0 Å². The molecule has 0 spiro atoms. The van der Waals surface area contributed by atoms with Crippen LogP contribution in [0, 0.1) is 0 Å². The van der Waals surface area contributed by atoms with Crippen molar-refractivity contribution in [1.29, 1.82) is 0 Å². The summed E-state index contributed by atoms with van der Waals surface area (Å²) < 4.78 is 14.6. The molecule has 3 aromatic carbocycles. The minimum Gasteiger partial charge on any atom is -0.309 e. The summed E-state index contributed by atoms with van der Waals surface area (Å²) in [6, 6.07) is 27.8. The molecule has 0 radical (unpaired) electrons. The second kappa shape index (κ2) is 7.31. The SMILES string of the molecule is O=P(c1ccccc1)(c1ccccc1)c1cccc(C2C=CC3=CC=NC3=C2)c1. The average Bonchev–Trinajstić information content (AvgIpc) is 3.28. The predicted octanol–water partition coefficient (Wildman–Crippen LogP) is 4.87. The first-order chi connectivity index (χ1) is 14.2. The van der Waals surface area contributed by atoms with Gasteiger partial charge in [0.2, 0.25) is 0 Å². The van der Waals surface area contributed by atoms with Gasteiger partial charge in [-0.05, 0) is 23.8 Å². The van der Waals surface area contributed by atoms with Gasteiger partial charge in [-0.15, -0.1) is 0 Å². The van der Waals surface area contributed by atoms with Crippen molar-refractivity contribution in [2.24, 2.45) is 4.99 Å². The van der Waals surface area contributed by atoms with Gasteiger partial charge in [-0.1, -0.05) is 91.0 Å². The van der Waals surface area contributed by atoms with E-state index < -0.39 is 7.14 Å². The highest BCUT2D eigenvalue weighted by molar-refractivity contribution is 7.85. The molecule has 2 nitrogen and oxygen atoms in total. The van der Waals surface area contributed by atoms with Crippen LogP contribution in [0.5, 0.6) is 0 Å². The molecule has 140 valence electrons.